The molecule has 0 heterocycles. The third kappa shape index (κ3) is 3.07. The van der Waals surface area contributed by atoms with Crippen molar-refractivity contribution in [3.05, 3.63) is 12.3 Å². The molecule has 0 aromatic rings. The van der Waals surface area contributed by atoms with Gasteiger partial charge in [-0.05, 0) is 32.0 Å². The molecule has 0 aliphatic heterocycles. The zero-order valence-corrected chi connectivity index (χ0v) is 9.48. The Balaban J connectivity index is 2.16. The minimum Gasteiger partial charge on any atom is -0.387 e. The molecule has 0 radical (unpaired) electrons. The van der Waals surface area contributed by atoms with Crippen molar-refractivity contribution in [3.8, 4) is 0 Å². The van der Waals surface area contributed by atoms with Crippen molar-refractivity contribution < 1.29 is 0 Å². The van der Waals surface area contributed by atoms with Gasteiger partial charge in [-0.15, -0.1) is 0 Å². The lowest BCUT2D eigenvalue weighted by Crippen LogP contribution is -2.41. The maximum atomic E-state index is 4.90. The summed E-state index contributed by atoms with van der Waals surface area (Å²) in [6.07, 6.45) is 6.56. The molecule has 1 saturated carbocycles. The van der Waals surface area contributed by atoms with Crippen LogP contribution in [0.25, 0.3) is 0 Å². The Labute approximate surface area is 86.8 Å². The Morgan fingerprint density at radius 2 is 2.36 bits per heavy atom. The number of nitrogens with one attached hydrogen (secondary N) is 1. The molecule has 0 spiro atoms. The maximum Gasteiger partial charge on any atom is 0.0373 e. The quantitative estimate of drug-likeness (QED) is 0.369. The highest BCUT2D eigenvalue weighted by atomic mass is 127. The van der Waals surface area contributed by atoms with E-state index in [0.29, 0.717) is 6.04 Å². The zero-order valence-electron chi connectivity index (χ0n) is 6.51. The highest BCUT2D eigenvalue weighted by Gasteiger charge is 2.26. The summed E-state index contributed by atoms with van der Waals surface area (Å²) in [7, 11) is 0. The molecule has 1 unspecified atom stereocenters. The fourth-order valence-electron chi connectivity index (χ4n) is 0.936. The molecular weight excluding hydrogens is 269 g/mol. The van der Waals surface area contributed by atoms with Crippen LogP contribution in [-0.4, -0.2) is 14.8 Å². The largest absolute Gasteiger partial charge is 0.387 e. The number of alkyl halides is 1. The monoisotopic (exact) mass is 281 g/mol. The normalized spacial score (nSPS) is 30.0. The standard InChI is InChI=1S/C8H12INS/c1-6(11)4-5-10-8-3-2-7(8)9/h4-5,7-8,10H,2-3H2,1H3/t7?,8-/m1/s1. The molecule has 0 aromatic carbocycles. The molecular formula is C8H12INS. The summed E-state index contributed by atoms with van der Waals surface area (Å²) in [6, 6.07) is 0.682. The van der Waals surface area contributed by atoms with Gasteiger partial charge in [-0.1, -0.05) is 34.8 Å². The van der Waals surface area contributed by atoms with Crippen LogP contribution in [0.2, 0.25) is 0 Å². The van der Waals surface area contributed by atoms with Gasteiger partial charge in [-0.3, -0.25) is 0 Å². The first-order valence-electron chi connectivity index (χ1n) is 3.77. The average molecular weight is 281 g/mol. The summed E-state index contributed by atoms with van der Waals surface area (Å²) in [5, 5.41) is 3.32. The first-order valence-corrected chi connectivity index (χ1v) is 5.43. The zero-order chi connectivity index (χ0) is 8.27. The third-order valence-electron chi connectivity index (χ3n) is 1.82. The molecule has 0 aromatic heterocycles. The van der Waals surface area contributed by atoms with Crippen molar-refractivity contribution in [3.63, 3.8) is 0 Å². The molecule has 0 saturated heterocycles. The topological polar surface area (TPSA) is 12.0 Å². The van der Waals surface area contributed by atoms with Gasteiger partial charge < -0.3 is 5.32 Å². The molecule has 1 fully saturated rings. The van der Waals surface area contributed by atoms with Crippen LogP contribution < -0.4 is 5.32 Å². The lowest BCUT2D eigenvalue weighted by atomic mass is 9.93. The Morgan fingerprint density at radius 1 is 1.64 bits per heavy atom. The SMILES string of the molecule is CC(=S)C=CN[C@@H]1CCC1I. The molecule has 1 rings (SSSR count). The highest BCUT2D eigenvalue weighted by Crippen LogP contribution is 2.27. The summed E-state index contributed by atoms with van der Waals surface area (Å²) in [4.78, 5) is 0.932. The van der Waals surface area contributed by atoms with Gasteiger partial charge in [-0.2, -0.15) is 0 Å². The smallest absolute Gasteiger partial charge is 0.0373 e. The van der Waals surface area contributed by atoms with Crippen LogP contribution in [0.4, 0.5) is 0 Å². The first kappa shape index (κ1) is 9.45. The van der Waals surface area contributed by atoms with Gasteiger partial charge in [0.05, 0.1) is 0 Å². The van der Waals surface area contributed by atoms with Crippen LogP contribution in [0.3, 0.4) is 0 Å². The molecule has 1 aliphatic carbocycles. The van der Waals surface area contributed by atoms with Gasteiger partial charge in [-0.25, -0.2) is 0 Å². The second kappa shape index (κ2) is 4.40. The predicted octanol–water partition coefficient (Wildman–Crippen LogP) is 2.45. The van der Waals surface area contributed by atoms with Gasteiger partial charge in [0.15, 0.2) is 0 Å². The van der Waals surface area contributed by atoms with E-state index in [4.69, 9.17) is 12.2 Å². The lowest BCUT2D eigenvalue weighted by molar-refractivity contribution is 0.402. The van der Waals surface area contributed by atoms with E-state index in [2.05, 4.69) is 27.9 Å². The van der Waals surface area contributed by atoms with Crippen LogP contribution in [0.15, 0.2) is 12.3 Å². The highest BCUT2D eigenvalue weighted by molar-refractivity contribution is 14.1. The second-order valence-corrected chi connectivity index (χ2v) is 5.05. The van der Waals surface area contributed by atoms with E-state index in [1.54, 1.807) is 0 Å². The fourth-order valence-corrected chi connectivity index (χ4v) is 1.93. The van der Waals surface area contributed by atoms with Crippen LogP contribution >= 0.6 is 34.8 Å². The average Bonchev–Trinajstić information content (AvgIpc) is 1.94. The van der Waals surface area contributed by atoms with Gasteiger partial charge in [0.2, 0.25) is 0 Å². The van der Waals surface area contributed by atoms with Crippen molar-refractivity contribution in [1.82, 2.24) is 5.32 Å². The summed E-state index contributed by atoms with van der Waals surface area (Å²) >= 11 is 7.39. The van der Waals surface area contributed by atoms with Crippen molar-refractivity contribution in [2.75, 3.05) is 0 Å². The lowest BCUT2D eigenvalue weighted by Gasteiger charge is -2.32. The number of hydrogen-bond donors (Lipinski definition) is 1. The molecule has 1 N–H and O–H groups in total. The van der Waals surface area contributed by atoms with Crippen LogP contribution in [-0.2, 0) is 0 Å². The number of halogens is 1. The summed E-state index contributed by atoms with van der Waals surface area (Å²) in [5.41, 5.74) is 0. The Morgan fingerprint density at radius 3 is 2.73 bits per heavy atom. The molecule has 62 valence electrons. The first-order chi connectivity index (χ1) is 5.20. The van der Waals surface area contributed by atoms with E-state index < -0.39 is 0 Å². The molecule has 3 heteroatoms. The van der Waals surface area contributed by atoms with E-state index in [1.165, 1.54) is 12.8 Å². The molecule has 11 heavy (non-hydrogen) atoms. The predicted molar refractivity (Wildman–Crippen MR) is 61.4 cm³/mol. The van der Waals surface area contributed by atoms with Crippen LogP contribution in [0.1, 0.15) is 19.8 Å². The Kier molecular flexibility index (Phi) is 3.78. The Bertz CT molecular complexity index is 179. The van der Waals surface area contributed by atoms with E-state index in [-0.39, 0.29) is 0 Å². The Hall–Kier alpha value is 0.360. The van der Waals surface area contributed by atoms with Gasteiger partial charge in [0, 0.05) is 14.8 Å². The van der Waals surface area contributed by atoms with E-state index in [0.717, 1.165) is 8.79 Å². The number of rotatable bonds is 3. The van der Waals surface area contributed by atoms with E-state index in [1.807, 2.05) is 19.2 Å². The molecule has 0 amide bonds. The van der Waals surface area contributed by atoms with Crippen molar-refractivity contribution >= 4 is 39.7 Å². The number of hydrogen-bond acceptors (Lipinski definition) is 2. The second-order valence-electron chi connectivity index (χ2n) is 2.81. The number of thiocarbonyl (C=S) groups is 1. The van der Waals surface area contributed by atoms with E-state index in [9.17, 15) is 0 Å². The maximum absolute atomic E-state index is 4.90. The van der Waals surface area contributed by atoms with Crippen molar-refractivity contribution in [1.29, 1.82) is 0 Å². The summed E-state index contributed by atoms with van der Waals surface area (Å²) < 4.78 is 0.808. The van der Waals surface area contributed by atoms with Gasteiger partial charge >= 0.3 is 0 Å². The van der Waals surface area contributed by atoms with Crippen LogP contribution in [0.5, 0.6) is 0 Å². The third-order valence-corrected chi connectivity index (χ3v) is 3.45. The summed E-state index contributed by atoms with van der Waals surface area (Å²) in [6.45, 7) is 1.93. The van der Waals surface area contributed by atoms with Crippen molar-refractivity contribution in [2.24, 2.45) is 0 Å². The minimum atomic E-state index is 0.682. The summed E-state index contributed by atoms with van der Waals surface area (Å²) in [5.74, 6) is 0. The van der Waals surface area contributed by atoms with Crippen molar-refractivity contribution in [2.45, 2.75) is 29.7 Å². The van der Waals surface area contributed by atoms with E-state index >= 15 is 0 Å². The fraction of sp³-hybridized carbons (Fsp3) is 0.625. The minimum absolute atomic E-state index is 0.682. The van der Waals surface area contributed by atoms with Gasteiger partial charge in [0.1, 0.15) is 0 Å². The number of allylic oxidation sites excluding steroid dienone is 1. The molecule has 2 atom stereocenters. The van der Waals surface area contributed by atoms with Gasteiger partial charge in [0.25, 0.3) is 0 Å². The molecule has 1 aliphatic rings. The molecule has 0 bridgehead atoms. The molecule has 1 nitrogen and oxygen atoms in total. The van der Waals surface area contributed by atoms with Crippen LogP contribution in [0, 0.1) is 0 Å².